The Morgan fingerprint density at radius 2 is 1.80 bits per heavy atom. The molecule has 0 aliphatic heterocycles. The first-order chi connectivity index (χ1) is 14.8. The number of hydrogen-bond acceptors (Lipinski definition) is 7. The molecule has 30 heavy (non-hydrogen) atoms. The Morgan fingerprint density at radius 1 is 0.967 bits per heavy atom. The fourth-order valence-electron chi connectivity index (χ4n) is 3.05. The van der Waals surface area contributed by atoms with E-state index in [2.05, 4.69) is 30.7 Å². The van der Waals surface area contributed by atoms with Gasteiger partial charge in [0.25, 0.3) is 0 Å². The van der Waals surface area contributed by atoms with Crippen LogP contribution in [0.4, 0.5) is 11.6 Å². The Bertz CT molecular complexity index is 1280. The number of para-hydroxylation sites is 1. The Morgan fingerprint density at radius 3 is 2.60 bits per heavy atom. The molecule has 3 heterocycles. The summed E-state index contributed by atoms with van der Waals surface area (Å²) in [4.78, 5) is 8.93. The van der Waals surface area contributed by atoms with Gasteiger partial charge in [-0.05, 0) is 43.3 Å². The van der Waals surface area contributed by atoms with Crippen molar-refractivity contribution in [3.63, 3.8) is 0 Å². The molecule has 0 atom stereocenters. The highest BCUT2D eigenvalue weighted by molar-refractivity contribution is 5.72. The molecule has 0 aliphatic carbocycles. The van der Waals surface area contributed by atoms with Crippen molar-refractivity contribution in [3.05, 3.63) is 73.2 Å². The molecule has 148 valence electrons. The summed E-state index contributed by atoms with van der Waals surface area (Å²) in [6.45, 7) is 2.57. The summed E-state index contributed by atoms with van der Waals surface area (Å²) in [5.41, 5.74) is 3.79. The van der Waals surface area contributed by atoms with Crippen LogP contribution in [0.1, 0.15) is 6.92 Å². The predicted molar refractivity (Wildman–Crippen MR) is 112 cm³/mol. The molecule has 0 aliphatic rings. The Balaban J connectivity index is 1.42. The molecular weight excluding hydrogens is 380 g/mol. The standard InChI is InChI=1S/C21H18N8O/c1-2-30-18-10-8-17(9-11-18)29-20-19(26-27-29)13-22-21(25-20)24-15-12-23-28(14-15)16-6-4-3-5-7-16/h3-14H,2H2,1H3,(H,22,24,25). The second kappa shape index (κ2) is 7.63. The highest BCUT2D eigenvalue weighted by atomic mass is 16.5. The molecule has 0 spiro atoms. The minimum atomic E-state index is 0.435. The summed E-state index contributed by atoms with van der Waals surface area (Å²) < 4.78 is 8.95. The lowest BCUT2D eigenvalue weighted by atomic mass is 10.3. The molecule has 0 amide bonds. The van der Waals surface area contributed by atoms with Crippen LogP contribution >= 0.6 is 0 Å². The zero-order chi connectivity index (χ0) is 20.3. The van der Waals surface area contributed by atoms with Gasteiger partial charge in [0.15, 0.2) is 11.2 Å². The van der Waals surface area contributed by atoms with Gasteiger partial charge in [0.05, 0.1) is 42.3 Å². The monoisotopic (exact) mass is 398 g/mol. The third-order valence-electron chi connectivity index (χ3n) is 4.44. The number of anilines is 2. The van der Waals surface area contributed by atoms with Crippen LogP contribution in [-0.2, 0) is 0 Å². The van der Waals surface area contributed by atoms with Gasteiger partial charge in [0.2, 0.25) is 5.95 Å². The molecule has 1 N–H and O–H groups in total. The van der Waals surface area contributed by atoms with E-state index in [1.54, 1.807) is 21.8 Å². The van der Waals surface area contributed by atoms with Crippen molar-refractivity contribution in [1.29, 1.82) is 0 Å². The normalized spacial score (nSPS) is 11.0. The fourth-order valence-corrected chi connectivity index (χ4v) is 3.05. The first-order valence-electron chi connectivity index (χ1n) is 9.49. The van der Waals surface area contributed by atoms with Crippen LogP contribution in [0, 0.1) is 0 Å². The molecule has 5 rings (SSSR count). The average Bonchev–Trinajstić information content (AvgIpc) is 3.42. The first kappa shape index (κ1) is 17.8. The van der Waals surface area contributed by atoms with E-state index in [4.69, 9.17) is 4.74 Å². The van der Waals surface area contributed by atoms with Crippen molar-refractivity contribution in [3.8, 4) is 17.1 Å². The summed E-state index contributed by atoms with van der Waals surface area (Å²) in [7, 11) is 0. The second-order valence-corrected chi connectivity index (χ2v) is 6.46. The van der Waals surface area contributed by atoms with E-state index in [1.807, 2.05) is 67.7 Å². The third-order valence-corrected chi connectivity index (χ3v) is 4.44. The highest BCUT2D eigenvalue weighted by Crippen LogP contribution is 2.20. The number of nitrogens with zero attached hydrogens (tertiary/aromatic N) is 7. The van der Waals surface area contributed by atoms with E-state index in [0.717, 1.165) is 22.8 Å². The molecule has 0 saturated heterocycles. The van der Waals surface area contributed by atoms with Crippen LogP contribution in [0.5, 0.6) is 5.75 Å². The van der Waals surface area contributed by atoms with Gasteiger partial charge in [-0.25, -0.2) is 9.67 Å². The predicted octanol–water partition coefficient (Wildman–Crippen LogP) is 3.54. The lowest BCUT2D eigenvalue weighted by Crippen LogP contribution is -2.01. The van der Waals surface area contributed by atoms with Crippen molar-refractivity contribution in [2.75, 3.05) is 11.9 Å². The summed E-state index contributed by atoms with van der Waals surface area (Å²) in [5.74, 6) is 1.24. The number of nitrogens with one attached hydrogen (secondary N) is 1. The van der Waals surface area contributed by atoms with Crippen LogP contribution in [0.2, 0.25) is 0 Å². The molecule has 5 aromatic rings. The lowest BCUT2D eigenvalue weighted by molar-refractivity contribution is 0.340. The first-order valence-corrected chi connectivity index (χ1v) is 9.49. The van der Waals surface area contributed by atoms with Crippen LogP contribution in [0.25, 0.3) is 22.5 Å². The molecule has 0 fully saturated rings. The second-order valence-electron chi connectivity index (χ2n) is 6.46. The number of benzene rings is 2. The van der Waals surface area contributed by atoms with Gasteiger partial charge >= 0.3 is 0 Å². The van der Waals surface area contributed by atoms with Crippen molar-refractivity contribution in [1.82, 2.24) is 34.7 Å². The van der Waals surface area contributed by atoms with Gasteiger partial charge in [-0.3, -0.25) is 0 Å². The number of hydrogen-bond donors (Lipinski definition) is 1. The quantitative estimate of drug-likeness (QED) is 0.467. The van der Waals surface area contributed by atoms with Crippen LogP contribution < -0.4 is 10.1 Å². The number of fused-ring (bicyclic) bond motifs is 1. The largest absolute Gasteiger partial charge is 0.494 e. The van der Waals surface area contributed by atoms with Crippen LogP contribution in [-0.4, -0.2) is 41.3 Å². The van der Waals surface area contributed by atoms with Gasteiger partial charge in [0, 0.05) is 0 Å². The maximum atomic E-state index is 5.50. The molecule has 2 aromatic carbocycles. The SMILES string of the molecule is CCOc1ccc(-n2nnc3cnc(Nc4cnn(-c5ccccc5)c4)nc32)cc1. The van der Waals surface area contributed by atoms with E-state index < -0.39 is 0 Å². The minimum Gasteiger partial charge on any atom is -0.494 e. The number of rotatable bonds is 6. The summed E-state index contributed by atoms with van der Waals surface area (Å²) in [6, 6.07) is 17.5. The summed E-state index contributed by atoms with van der Waals surface area (Å²) in [6.07, 6.45) is 5.25. The molecule has 0 bridgehead atoms. The maximum Gasteiger partial charge on any atom is 0.229 e. The van der Waals surface area contributed by atoms with E-state index >= 15 is 0 Å². The highest BCUT2D eigenvalue weighted by Gasteiger charge is 2.11. The van der Waals surface area contributed by atoms with E-state index in [-0.39, 0.29) is 0 Å². The molecule has 9 heteroatoms. The van der Waals surface area contributed by atoms with Gasteiger partial charge < -0.3 is 10.1 Å². The van der Waals surface area contributed by atoms with Crippen molar-refractivity contribution < 1.29 is 4.74 Å². The molecule has 0 saturated carbocycles. The van der Waals surface area contributed by atoms with E-state index in [0.29, 0.717) is 23.7 Å². The van der Waals surface area contributed by atoms with Gasteiger partial charge in [-0.1, -0.05) is 23.4 Å². The van der Waals surface area contributed by atoms with E-state index in [9.17, 15) is 0 Å². The van der Waals surface area contributed by atoms with Crippen molar-refractivity contribution in [2.45, 2.75) is 6.92 Å². The Kier molecular flexibility index (Phi) is 4.53. The molecule has 0 radical (unpaired) electrons. The molecule has 3 aromatic heterocycles. The lowest BCUT2D eigenvalue weighted by Gasteiger charge is -2.06. The fraction of sp³-hybridized carbons (Fsp3) is 0.0952. The minimum absolute atomic E-state index is 0.435. The Labute approximate surface area is 172 Å². The zero-order valence-corrected chi connectivity index (χ0v) is 16.2. The maximum absolute atomic E-state index is 5.50. The molecular formula is C21H18N8O. The molecule has 0 unspecified atom stereocenters. The summed E-state index contributed by atoms with van der Waals surface area (Å²) >= 11 is 0. The van der Waals surface area contributed by atoms with Crippen LogP contribution in [0.15, 0.2) is 73.2 Å². The smallest absolute Gasteiger partial charge is 0.229 e. The summed E-state index contributed by atoms with van der Waals surface area (Å²) in [5, 5.41) is 15.9. The number of aromatic nitrogens is 7. The zero-order valence-electron chi connectivity index (χ0n) is 16.2. The van der Waals surface area contributed by atoms with Crippen molar-refractivity contribution >= 4 is 22.8 Å². The molecule has 9 nitrogen and oxygen atoms in total. The van der Waals surface area contributed by atoms with Gasteiger partial charge in [0.1, 0.15) is 5.75 Å². The van der Waals surface area contributed by atoms with Gasteiger partial charge in [-0.2, -0.15) is 14.8 Å². The average molecular weight is 398 g/mol. The van der Waals surface area contributed by atoms with Crippen molar-refractivity contribution in [2.24, 2.45) is 0 Å². The topological polar surface area (TPSA) is 95.6 Å². The third kappa shape index (κ3) is 3.44. The van der Waals surface area contributed by atoms with Gasteiger partial charge in [-0.15, -0.1) is 5.10 Å². The Hall–Kier alpha value is -4.27. The number of ether oxygens (including phenoxy) is 1. The van der Waals surface area contributed by atoms with E-state index in [1.165, 1.54) is 0 Å². The van der Waals surface area contributed by atoms with Crippen LogP contribution in [0.3, 0.4) is 0 Å².